The first-order valence-electron chi connectivity index (χ1n) is 10.5. The highest BCUT2D eigenvalue weighted by Crippen LogP contribution is 2.17. The molecule has 9 nitrogen and oxygen atoms in total. The van der Waals surface area contributed by atoms with Crippen LogP contribution >= 0.6 is 0 Å². The number of hydrogen-bond donors (Lipinski definition) is 3. The van der Waals surface area contributed by atoms with Crippen molar-refractivity contribution >= 4 is 17.6 Å². The molecule has 0 amide bonds. The highest BCUT2D eigenvalue weighted by atomic mass is 16.4. The first kappa shape index (κ1) is 26.8. The van der Waals surface area contributed by atoms with Gasteiger partial charge in [0.1, 0.15) is 0 Å². The van der Waals surface area contributed by atoms with Gasteiger partial charge in [0.2, 0.25) is 0 Å². The molecule has 2 fully saturated rings. The second-order valence-corrected chi connectivity index (χ2v) is 8.55. The lowest BCUT2D eigenvalue weighted by Gasteiger charge is -2.21. The normalized spacial score (nSPS) is 27.2. The second-order valence-electron chi connectivity index (χ2n) is 8.55. The van der Waals surface area contributed by atoms with Gasteiger partial charge in [-0.05, 0) is 68.0 Å². The highest BCUT2D eigenvalue weighted by Gasteiger charge is 2.28. The van der Waals surface area contributed by atoms with Crippen LogP contribution in [0.4, 0.5) is 5.69 Å². The van der Waals surface area contributed by atoms with Gasteiger partial charge < -0.3 is 15.9 Å². The van der Waals surface area contributed by atoms with Crippen LogP contribution in [0.15, 0.2) is 18.2 Å². The van der Waals surface area contributed by atoms with Gasteiger partial charge in [0.25, 0.3) is 0 Å². The van der Waals surface area contributed by atoms with Crippen LogP contribution in [0.5, 0.6) is 0 Å². The lowest BCUT2D eigenvalue weighted by Crippen LogP contribution is -2.32. The van der Waals surface area contributed by atoms with Crippen molar-refractivity contribution in [2.45, 2.75) is 52.1 Å². The summed E-state index contributed by atoms with van der Waals surface area (Å²) >= 11 is 0. The molecule has 0 radical (unpaired) electrons. The van der Waals surface area contributed by atoms with Crippen LogP contribution in [-0.4, -0.2) is 107 Å². The Morgan fingerprint density at radius 2 is 1.26 bits per heavy atom. The van der Waals surface area contributed by atoms with E-state index in [-0.39, 0.29) is 16.8 Å². The van der Waals surface area contributed by atoms with Gasteiger partial charge in [-0.3, -0.25) is 19.6 Å². The third-order valence-electron chi connectivity index (χ3n) is 6.49. The van der Waals surface area contributed by atoms with Crippen molar-refractivity contribution in [1.29, 1.82) is 0 Å². The third-order valence-corrected chi connectivity index (χ3v) is 6.49. The topological polar surface area (TPSA) is 114 Å². The van der Waals surface area contributed by atoms with Crippen molar-refractivity contribution < 1.29 is 19.8 Å². The molecule has 0 saturated carbocycles. The van der Waals surface area contributed by atoms with E-state index in [1.54, 1.807) is 0 Å². The molecule has 9 heteroatoms. The number of nitrogens with two attached hydrogens (primary N) is 1. The van der Waals surface area contributed by atoms with Crippen LogP contribution in [0.1, 0.15) is 48.4 Å². The van der Waals surface area contributed by atoms with Crippen molar-refractivity contribution in [3.63, 3.8) is 0 Å². The summed E-state index contributed by atoms with van der Waals surface area (Å²) in [6.07, 6.45) is 1.25. The first-order chi connectivity index (χ1) is 14.3. The number of likely N-dealkylation sites (N-methyl/N-ethyl adjacent to an activating group) is 4. The summed E-state index contributed by atoms with van der Waals surface area (Å²) in [6, 6.07) is 5.39. The Morgan fingerprint density at radius 1 is 0.839 bits per heavy atom. The standard InChI is InChI=1S/C8H7NO4.2C7H16N2/c9-5-3-1-2-4(7(10)11)6(5)8(12)13;2*1-6-5-8(3)7(2)9(6)4/h1-3H,9H2,(H,10,11)(H,12,13);2*6-7H,5H2,1-4H3. The number of carboxylic acid groups (broad SMARTS) is 2. The zero-order chi connectivity index (χ0) is 24.0. The van der Waals surface area contributed by atoms with Gasteiger partial charge >= 0.3 is 11.9 Å². The maximum atomic E-state index is 10.6. The van der Waals surface area contributed by atoms with Gasteiger partial charge in [0.15, 0.2) is 0 Å². The van der Waals surface area contributed by atoms with Gasteiger partial charge in [-0.2, -0.15) is 0 Å². The quantitative estimate of drug-likeness (QED) is 0.597. The van der Waals surface area contributed by atoms with Crippen molar-refractivity contribution in [3.05, 3.63) is 29.3 Å². The Labute approximate surface area is 186 Å². The maximum Gasteiger partial charge on any atom is 0.338 e. The first-order valence-corrected chi connectivity index (χ1v) is 10.5. The molecule has 1 aromatic carbocycles. The molecule has 31 heavy (non-hydrogen) atoms. The van der Waals surface area contributed by atoms with E-state index in [2.05, 4.69) is 75.5 Å². The lowest BCUT2D eigenvalue weighted by atomic mass is 10.1. The minimum Gasteiger partial charge on any atom is -0.478 e. The predicted molar refractivity (Wildman–Crippen MR) is 123 cm³/mol. The minimum atomic E-state index is -1.34. The Kier molecular flexibility index (Phi) is 9.89. The van der Waals surface area contributed by atoms with Crippen LogP contribution in [-0.2, 0) is 0 Å². The lowest BCUT2D eigenvalue weighted by molar-refractivity contribution is 0.0652. The Morgan fingerprint density at radius 3 is 1.45 bits per heavy atom. The number of benzene rings is 1. The number of nitrogen functional groups attached to an aromatic ring is 1. The summed E-state index contributed by atoms with van der Waals surface area (Å²) < 4.78 is 0. The van der Waals surface area contributed by atoms with Crippen LogP contribution in [0.3, 0.4) is 0 Å². The van der Waals surface area contributed by atoms with Crippen molar-refractivity contribution in [2.75, 3.05) is 47.0 Å². The fraction of sp³-hybridized carbons (Fsp3) is 0.636. The highest BCUT2D eigenvalue weighted by molar-refractivity contribution is 6.05. The summed E-state index contributed by atoms with van der Waals surface area (Å²) in [7, 11) is 8.70. The average molecular weight is 438 g/mol. The molecular formula is C22H39N5O4. The summed E-state index contributed by atoms with van der Waals surface area (Å²) in [5, 5.41) is 17.3. The molecule has 0 spiro atoms. The number of hydrogen-bond acceptors (Lipinski definition) is 7. The SMILES string of the molecule is CC1CN(C)C(C)N1C.CC1CN(C)C(C)N1C.Nc1cccc(C(=O)O)c1C(=O)O. The van der Waals surface area contributed by atoms with Gasteiger partial charge in [-0.1, -0.05) is 6.07 Å². The molecule has 2 saturated heterocycles. The van der Waals surface area contributed by atoms with Crippen LogP contribution in [0.2, 0.25) is 0 Å². The fourth-order valence-electron chi connectivity index (χ4n) is 3.74. The summed E-state index contributed by atoms with van der Waals surface area (Å²) in [6.45, 7) is 11.4. The number of rotatable bonds is 2. The molecule has 4 unspecified atom stereocenters. The maximum absolute atomic E-state index is 10.6. The molecule has 0 bridgehead atoms. The van der Waals surface area contributed by atoms with Crippen LogP contribution in [0, 0.1) is 0 Å². The largest absolute Gasteiger partial charge is 0.478 e. The molecule has 2 aliphatic rings. The fourth-order valence-corrected chi connectivity index (χ4v) is 3.74. The molecule has 2 heterocycles. The molecule has 3 rings (SSSR count). The van der Waals surface area contributed by atoms with Crippen molar-refractivity contribution in [2.24, 2.45) is 0 Å². The Balaban J connectivity index is 0.000000239. The monoisotopic (exact) mass is 437 g/mol. The number of aromatic carboxylic acids is 2. The molecule has 0 aliphatic carbocycles. The van der Waals surface area contributed by atoms with Crippen molar-refractivity contribution in [1.82, 2.24) is 19.6 Å². The summed E-state index contributed by atoms with van der Waals surface area (Å²) in [4.78, 5) is 30.7. The van der Waals surface area contributed by atoms with E-state index in [0.717, 1.165) is 12.1 Å². The second kappa shape index (κ2) is 11.4. The van der Waals surface area contributed by atoms with Gasteiger partial charge in [0.05, 0.1) is 23.5 Å². The smallest absolute Gasteiger partial charge is 0.338 e. The van der Waals surface area contributed by atoms with E-state index in [9.17, 15) is 9.59 Å². The zero-order valence-corrected chi connectivity index (χ0v) is 20.0. The number of nitrogens with zero attached hydrogens (tertiary/aromatic N) is 4. The van der Waals surface area contributed by atoms with Crippen LogP contribution < -0.4 is 5.73 Å². The summed E-state index contributed by atoms with van der Waals surface area (Å²) in [5.74, 6) is -2.64. The molecule has 2 aliphatic heterocycles. The van der Waals surface area contributed by atoms with Crippen LogP contribution in [0.25, 0.3) is 0 Å². The average Bonchev–Trinajstić information content (AvgIpc) is 3.05. The van der Waals surface area contributed by atoms with E-state index < -0.39 is 11.9 Å². The van der Waals surface area contributed by atoms with E-state index in [1.165, 1.54) is 31.3 Å². The Bertz CT molecular complexity index is 709. The zero-order valence-electron chi connectivity index (χ0n) is 20.0. The van der Waals surface area contributed by atoms with E-state index in [0.29, 0.717) is 12.3 Å². The predicted octanol–water partition coefficient (Wildman–Crippen LogP) is 1.86. The molecule has 176 valence electrons. The van der Waals surface area contributed by atoms with Gasteiger partial charge in [0, 0.05) is 30.9 Å². The number of carboxylic acids is 2. The minimum absolute atomic E-state index is 0.0487. The number of carbonyl (C=O) groups is 2. The van der Waals surface area contributed by atoms with Gasteiger partial charge in [-0.15, -0.1) is 0 Å². The molecule has 0 aromatic heterocycles. The molecule has 1 aromatic rings. The van der Waals surface area contributed by atoms with E-state index >= 15 is 0 Å². The van der Waals surface area contributed by atoms with Crippen molar-refractivity contribution in [3.8, 4) is 0 Å². The summed E-state index contributed by atoms with van der Waals surface area (Å²) in [5.41, 5.74) is 4.60. The Hall–Kier alpha value is -2.20. The molecule has 4 atom stereocenters. The number of anilines is 1. The third kappa shape index (κ3) is 6.90. The van der Waals surface area contributed by atoms with E-state index in [1.807, 2.05) is 0 Å². The van der Waals surface area contributed by atoms with E-state index in [4.69, 9.17) is 15.9 Å². The molecular weight excluding hydrogens is 398 g/mol. The van der Waals surface area contributed by atoms with Gasteiger partial charge in [-0.25, -0.2) is 9.59 Å². The molecule has 4 N–H and O–H groups in total.